The zero-order valence-electron chi connectivity index (χ0n) is 24.3. The van der Waals surface area contributed by atoms with Gasteiger partial charge < -0.3 is 10.2 Å². The minimum absolute atomic E-state index is 0.102. The Hall–Kier alpha value is -3.65. The molecular formula is C33H41N3O4S. The van der Waals surface area contributed by atoms with Gasteiger partial charge in [-0.3, -0.25) is 13.9 Å². The first-order chi connectivity index (χ1) is 19.7. The Kier molecular flexibility index (Phi) is 10.2. The topological polar surface area (TPSA) is 86.8 Å². The van der Waals surface area contributed by atoms with Crippen molar-refractivity contribution in [3.63, 3.8) is 0 Å². The van der Waals surface area contributed by atoms with Crippen LogP contribution >= 0.6 is 0 Å². The molecule has 218 valence electrons. The number of hydrogen-bond donors (Lipinski definition) is 1. The summed E-state index contributed by atoms with van der Waals surface area (Å²) in [5.74, 6) is -0.622. The number of nitrogens with zero attached hydrogens (tertiary/aromatic N) is 2. The van der Waals surface area contributed by atoms with Gasteiger partial charge in [-0.15, -0.1) is 0 Å². The molecule has 1 saturated carbocycles. The molecule has 4 rings (SSSR count). The smallest absolute Gasteiger partial charge is 0.264 e. The maximum absolute atomic E-state index is 14.2. The zero-order chi connectivity index (χ0) is 29.4. The van der Waals surface area contributed by atoms with E-state index in [1.165, 1.54) is 6.42 Å². The molecule has 0 radical (unpaired) electrons. The highest BCUT2D eigenvalue weighted by atomic mass is 32.2. The summed E-state index contributed by atoms with van der Waals surface area (Å²) in [5, 5.41) is 3.18. The number of carbonyl (C=O) groups is 2. The lowest BCUT2D eigenvalue weighted by Gasteiger charge is -2.34. The van der Waals surface area contributed by atoms with Crippen LogP contribution in [0.1, 0.15) is 62.1 Å². The first kappa shape index (κ1) is 30.3. The molecule has 8 heteroatoms. The number of nitrogens with one attached hydrogen (secondary N) is 1. The van der Waals surface area contributed by atoms with Crippen LogP contribution in [0, 0.1) is 13.8 Å². The van der Waals surface area contributed by atoms with Gasteiger partial charge in [0.1, 0.15) is 12.6 Å². The van der Waals surface area contributed by atoms with E-state index in [4.69, 9.17) is 0 Å². The van der Waals surface area contributed by atoms with Crippen LogP contribution < -0.4 is 9.62 Å². The predicted molar refractivity (Wildman–Crippen MR) is 163 cm³/mol. The van der Waals surface area contributed by atoms with Crippen LogP contribution in [0.25, 0.3) is 0 Å². The minimum Gasteiger partial charge on any atom is -0.352 e. The van der Waals surface area contributed by atoms with Crippen molar-refractivity contribution in [3.05, 3.63) is 95.6 Å². The van der Waals surface area contributed by atoms with Crippen molar-refractivity contribution in [1.82, 2.24) is 10.2 Å². The summed E-state index contributed by atoms with van der Waals surface area (Å²) in [6.45, 7) is 5.47. The van der Waals surface area contributed by atoms with Crippen molar-refractivity contribution in [3.8, 4) is 0 Å². The average molecular weight is 576 g/mol. The lowest BCUT2D eigenvalue weighted by atomic mass is 9.95. The van der Waals surface area contributed by atoms with Crippen molar-refractivity contribution in [2.24, 2.45) is 0 Å². The summed E-state index contributed by atoms with van der Waals surface area (Å²) in [5.41, 5.74) is 3.17. The van der Waals surface area contributed by atoms with E-state index in [0.717, 1.165) is 46.7 Å². The maximum atomic E-state index is 14.2. The Morgan fingerprint density at radius 2 is 1.44 bits per heavy atom. The molecular weight excluding hydrogens is 534 g/mol. The van der Waals surface area contributed by atoms with Gasteiger partial charge in [-0.1, -0.05) is 91.9 Å². The van der Waals surface area contributed by atoms with Gasteiger partial charge in [-0.05, 0) is 62.9 Å². The van der Waals surface area contributed by atoms with Gasteiger partial charge in [0.2, 0.25) is 11.8 Å². The molecule has 0 unspecified atom stereocenters. The van der Waals surface area contributed by atoms with Gasteiger partial charge in [0.05, 0.1) is 10.6 Å². The molecule has 1 atom stereocenters. The number of anilines is 1. The number of amides is 2. The van der Waals surface area contributed by atoms with Crippen molar-refractivity contribution < 1.29 is 18.0 Å². The second-order valence-electron chi connectivity index (χ2n) is 10.9. The molecule has 2 amide bonds. The minimum atomic E-state index is -4.08. The monoisotopic (exact) mass is 575 g/mol. The van der Waals surface area contributed by atoms with E-state index >= 15 is 0 Å². The molecule has 1 N–H and O–H groups in total. The molecule has 41 heavy (non-hydrogen) atoms. The molecule has 0 heterocycles. The number of rotatable bonds is 11. The number of sulfonamides is 1. The lowest BCUT2D eigenvalue weighted by Crippen LogP contribution is -2.54. The predicted octanol–water partition coefficient (Wildman–Crippen LogP) is 5.76. The Labute approximate surface area is 244 Å². The molecule has 1 aliphatic rings. The third-order valence-electron chi connectivity index (χ3n) is 7.74. The summed E-state index contributed by atoms with van der Waals surface area (Å²) >= 11 is 0. The Morgan fingerprint density at radius 3 is 2.02 bits per heavy atom. The summed E-state index contributed by atoms with van der Waals surface area (Å²) in [6, 6.07) is 22.5. The Balaban J connectivity index is 1.68. The van der Waals surface area contributed by atoms with Crippen LogP contribution in [-0.2, 0) is 26.2 Å². The number of aryl methyl sites for hydroxylation is 2. The van der Waals surface area contributed by atoms with Crippen molar-refractivity contribution >= 4 is 27.5 Å². The van der Waals surface area contributed by atoms with Crippen molar-refractivity contribution in [2.45, 2.75) is 82.8 Å². The van der Waals surface area contributed by atoms with Crippen LogP contribution in [0.2, 0.25) is 0 Å². The van der Waals surface area contributed by atoms with E-state index in [9.17, 15) is 18.0 Å². The highest BCUT2D eigenvalue weighted by molar-refractivity contribution is 7.92. The van der Waals surface area contributed by atoms with E-state index in [2.05, 4.69) is 5.32 Å². The SMILES string of the molecule is CC[C@@H](C(=O)NC1CCCCC1)N(Cc1ccccc1)C(=O)CN(c1ccc(C)cc1)S(=O)(=O)c1ccc(C)cc1. The fourth-order valence-electron chi connectivity index (χ4n) is 5.32. The number of benzene rings is 3. The first-order valence-corrected chi connectivity index (χ1v) is 15.9. The normalized spacial score (nSPS) is 14.7. The molecule has 0 saturated heterocycles. The van der Waals surface area contributed by atoms with Crippen molar-refractivity contribution in [2.75, 3.05) is 10.8 Å². The summed E-state index contributed by atoms with van der Waals surface area (Å²) in [7, 11) is -4.08. The molecule has 1 aliphatic carbocycles. The van der Waals surface area contributed by atoms with E-state index < -0.39 is 28.5 Å². The summed E-state index contributed by atoms with van der Waals surface area (Å²) in [6.07, 6.45) is 5.61. The highest BCUT2D eigenvalue weighted by Gasteiger charge is 2.34. The molecule has 1 fully saturated rings. The number of carbonyl (C=O) groups excluding carboxylic acids is 2. The summed E-state index contributed by atoms with van der Waals surface area (Å²) < 4.78 is 29.1. The van der Waals surface area contributed by atoms with E-state index in [-0.39, 0.29) is 23.4 Å². The molecule has 0 bridgehead atoms. The molecule has 0 aromatic heterocycles. The van der Waals surface area contributed by atoms with Gasteiger partial charge in [0.25, 0.3) is 10.0 Å². The largest absolute Gasteiger partial charge is 0.352 e. The van der Waals surface area contributed by atoms with E-state index in [1.54, 1.807) is 41.3 Å². The van der Waals surface area contributed by atoms with Crippen LogP contribution in [-0.4, -0.2) is 43.8 Å². The van der Waals surface area contributed by atoms with Crippen LogP contribution in [0.5, 0.6) is 0 Å². The van der Waals surface area contributed by atoms with Crippen molar-refractivity contribution in [1.29, 1.82) is 0 Å². The van der Waals surface area contributed by atoms with Crippen LogP contribution in [0.4, 0.5) is 5.69 Å². The third-order valence-corrected chi connectivity index (χ3v) is 9.53. The van der Waals surface area contributed by atoms with Gasteiger partial charge in [-0.25, -0.2) is 8.42 Å². The molecule has 3 aromatic carbocycles. The van der Waals surface area contributed by atoms with E-state index in [1.807, 2.05) is 63.2 Å². The van der Waals surface area contributed by atoms with Crippen LogP contribution in [0.15, 0.2) is 83.8 Å². The number of hydrogen-bond acceptors (Lipinski definition) is 4. The van der Waals surface area contributed by atoms with Gasteiger partial charge in [-0.2, -0.15) is 0 Å². The second-order valence-corrected chi connectivity index (χ2v) is 12.8. The lowest BCUT2D eigenvalue weighted by molar-refractivity contribution is -0.140. The average Bonchev–Trinajstić information content (AvgIpc) is 2.97. The molecule has 0 aliphatic heterocycles. The van der Waals surface area contributed by atoms with Gasteiger partial charge >= 0.3 is 0 Å². The third kappa shape index (κ3) is 7.76. The first-order valence-electron chi connectivity index (χ1n) is 14.5. The van der Waals surface area contributed by atoms with E-state index in [0.29, 0.717) is 12.1 Å². The fraction of sp³-hybridized carbons (Fsp3) is 0.394. The van der Waals surface area contributed by atoms with Crippen LogP contribution in [0.3, 0.4) is 0 Å². The Morgan fingerprint density at radius 1 is 0.854 bits per heavy atom. The fourth-order valence-corrected chi connectivity index (χ4v) is 6.74. The standard InChI is InChI=1S/C33H41N3O4S/c1-4-31(33(38)34-28-13-9-6-10-14-28)35(23-27-11-7-5-8-12-27)32(37)24-36(29-19-15-25(2)16-20-29)41(39,40)30-21-17-26(3)18-22-30/h5,7-8,11-12,15-22,28,31H,4,6,9-10,13-14,23-24H2,1-3H3,(H,34,38)/t31-/m0/s1. The quantitative estimate of drug-likeness (QED) is 0.315. The highest BCUT2D eigenvalue weighted by Crippen LogP contribution is 2.26. The van der Waals surface area contributed by atoms with Gasteiger partial charge in [0.15, 0.2) is 0 Å². The maximum Gasteiger partial charge on any atom is 0.264 e. The summed E-state index contributed by atoms with van der Waals surface area (Å²) in [4.78, 5) is 29.4. The molecule has 7 nitrogen and oxygen atoms in total. The Bertz CT molecular complexity index is 1400. The molecule has 0 spiro atoms. The molecule has 3 aromatic rings. The van der Waals surface area contributed by atoms with Gasteiger partial charge in [0, 0.05) is 12.6 Å². The second kappa shape index (κ2) is 13.8. The zero-order valence-corrected chi connectivity index (χ0v) is 25.1.